The first-order valence-electron chi connectivity index (χ1n) is 13.5. The van der Waals surface area contributed by atoms with E-state index in [2.05, 4.69) is 20.6 Å². The number of hydrogen-bond donors (Lipinski definition) is 3. The van der Waals surface area contributed by atoms with Gasteiger partial charge >= 0.3 is 12.1 Å². The van der Waals surface area contributed by atoms with E-state index in [9.17, 15) is 14.4 Å². The van der Waals surface area contributed by atoms with E-state index in [1.807, 2.05) is 42.8 Å². The first-order valence-corrected chi connectivity index (χ1v) is 13.5. The molecule has 11 heteroatoms. The molecule has 4 aromatic rings. The molecule has 1 aliphatic heterocycles. The summed E-state index contributed by atoms with van der Waals surface area (Å²) < 4.78 is 7.44. The Morgan fingerprint density at radius 3 is 2.36 bits per heavy atom. The molecule has 0 saturated heterocycles. The van der Waals surface area contributed by atoms with E-state index in [0.29, 0.717) is 45.9 Å². The first-order chi connectivity index (χ1) is 19.9. The topological polar surface area (TPSA) is 144 Å². The van der Waals surface area contributed by atoms with Crippen molar-refractivity contribution >= 4 is 35.4 Å². The number of hydrogen-bond acceptors (Lipinski definition) is 7. The Balaban J connectivity index is 1.58. The van der Waals surface area contributed by atoms with Crippen LogP contribution in [0.15, 0.2) is 60.8 Å². The van der Waals surface area contributed by atoms with Crippen LogP contribution in [0.25, 0.3) is 22.5 Å². The number of benzene rings is 2. The largest absolute Gasteiger partial charge is 0.443 e. The highest BCUT2D eigenvalue weighted by molar-refractivity contribution is 6.12. The van der Waals surface area contributed by atoms with E-state index in [1.54, 1.807) is 57.3 Å². The lowest BCUT2D eigenvalue weighted by Gasteiger charge is -2.29. The van der Waals surface area contributed by atoms with Crippen LogP contribution in [0.1, 0.15) is 42.4 Å². The standard InChI is InChI=1S/C31H33N7O4/c1-18-8-6-10-20(16-18)34-29(40)35-21-11-7-9-19(17-21)24-25-23(37(5)26(24)22-12-14-33-28(32)36-22)13-15-38(27(25)39)30(41)42-31(2,3)4/h6-12,14,16-17H,13,15H2,1-5H3,(H2,32,33,36)(H2,34,35,40). The number of nitrogens with zero attached hydrogens (tertiary/aromatic N) is 4. The number of fused-ring (bicyclic) bond motifs is 1. The number of anilines is 3. The predicted molar refractivity (Wildman–Crippen MR) is 161 cm³/mol. The zero-order valence-electron chi connectivity index (χ0n) is 24.2. The number of ether oxygens (including phenoxy) is 1. The molecular weight excluding hydrogens is 534 g/mol. The average molecular weight is 568 g/mol. The Bertz CT molecular complexity index is 1700. The number of imide groups is 1. The average Bonchev–Trinajstić information content (AvgIpc) is 3.21. The van der Waals surface area contributed by atoms with Crippen LogP contribution in [-0.4, -0.2) is 49.6 Å². The molecule has 42 heavy (non-hydrogen) atoms. The SMILES string of the molecule is Cc1cccc(NC(=O)Nc2cccc(-c3c4c(n(C)c3-c3ccnc(N)n3)CCN(C(=O)OC(C)(C)C)C4=O)c2)c1. The second kappa shape index (κ2) is 11.0. The fraction of sp³-hybridized carbons (Fsp3) is 0.258. The molecule has 0 bridgehead atoms. The van der Waals surface area contributed by atoms with Crippen LogP contribution in [-0.2, 0) is 18.2 Å². The van der Waals surface area contributed by atoms with Crippen molar-refractivity contribution in [2.24, 2.45) is 7.05 Å². The number of carbonyl (C=O) groups is 3. The number of aryl methyl sites for hydroxylation is 1. The third kappa shape index (κ3) is 5.80. The molecule has 0 saturated carbocycles. The molecule has 3 heterocycles. The quantitative estimate of drug-likeness (QED) is 0.290. The van der Waals surface area contributed by atoms with Crippen LogP contribution in [0.4, 0.5) is 26.9 Å². The zero-order chi connectivity index (χ0) is 30.2. The van der Waals surface area contributed by atoms with Crippen LogP contribution < -0.4 is 16.4 Å². The molecule has 2 aromatic heterocycles. The lowest BCUT2D eigenvalue weighted by molar-refractivity contribution is 0.0233. The normalized spacial score (nSPS) is 13.0. The van der Waals surface area contributed by atoms with Gasteiger partial charge in [-0.2, -0.15) is 0 Å². The van der Waals surface area contributed by atoms with E-state index in [-0.39, 0.29) is 12.5 Å². The maximum atomic E-state index is 14.0. The molecule has 4 N–H and O–H groups in total. The van der Waals surface area contributed by atoms with E-state index >= 15 is 0 Å². The summed E-state index contributed by atoms with van der Waals surface area (Å²) in [5, 5.41) is 5.70. The van der Waals surface area contributed by atoms with Crippen LogP contribution in [0, 0.1) is 6.92 Å². The molecule has 0 radical (unpaired) electrons. The number of amides is 4. The number of nitrogens with one attached hydrogen (secondary N) is 2. The minimum Gasteiger partial charge on any atom is -0.443 e. The zero-order valence-corrected chi connectivity index (χ0v) is 24.2. The van der Waals surface area contributed by atoms with E-state index in [1.165, 1.54) is 0 Å². The van der Waals surface area contributed by atoms with Crippen molar-refractivity contribution in [3.8, 4) is 22.5 Å². The van der Waals surface area contributed by atoms with Crippen LogP contribution >= 0.6 is 0 Å². The third-order valence-corrected chi connectivity index (χ3v) is 6.76. The summed E-state index contributed by atoms with van der Waals surface area (Å²) in [6.45, 7) is 7.38. The fourth-order valence-corrected chi connectivity index (χ4v) is 5.06. The molecule has 0 unspecified atom stereocenters. The lowest BCUT2D eigenvalue weighted by Crippen LogP contribution is -2.44. The first kappa shape index (κ1) is 28.3. The molecule has 0 spiro atoms. The summed E-state index contributed by atoms with van der Waals surface area (Å²) in [6.07, 6.45) is 1.26. The van der Waals surface area contributed by atoms with Gasteiger partial charge in [0, 0.05) is 48.8 Å². The lowest BCUT2D eigenvalue weighted by atomic mass is 9.95. The molecule has 1 aliphatic rings. The van der Waals surface area contributed by atoms with Gasteiger partial charge in [0.05, 0.1) is 17.0 Å². The Labute approximate surface area is 243 Å². The van der Waals surface area contributed by atoms with E-state index in [4.69, 9.17) is 10.5 Å². The second-order valence-corrected chi connectivity index (χ2v) is 11.1. The van der Waals surface area contributed by atoms with Crippen molar-refractivity contribution in [3.05, 3.63) is 77.6 Å². The van der Waals surface area contributed by atoms with Gasteiger partial charge in [0.1, 0.15) is 5.60 Å². The van der Waals surface area contributed by atoms with Crippen LogP contribution in [0.2, 0.25) is 0 Å². The van der Waals surface area contributed by atoms with Crippen molar-refractivity contribution in [2.45, 2.75) is 39.7 Å². The number of carbonyl (C=O) groups excluding carboxylic acids is 3. The van der Waals surface area contributed by atoms with Crippen molar-refractivity contribution in [2.75, 3.05) is 22.9 Å². The third-order valence-electron chi connectivity index (χ3n) is 6.76. The molecule has 4 amide bonds. The summed E-state index contributed by atoms with van der Waals surface area (Å²) in [5.41, 5.74) is 10.8. The summed E-state index contributed by atoms with van der Waals surface area (Å²) in [5.74, 6) is -0.387. The Hall–Kier alpha value is -5.19. The molecule has 2 aromatic carbocycles. The minimum absolute atomic E-state index is 0.0857. The maximum absolute atomic E-state index is 14.0. The highest BCUT2D eigenvalue weighted by Crippen LogP contribution is 2.41. The predicted octanol–water partition coefficient (Wildman–Crippen LogP) is 5.62. The number of nitrogen functional groups attached to an aromatic ring is 1. The van der Waals surface area contributed by atoms with Crippen molar-refractivity contribution in [3.63, 3.8) is 0 Å². The van der Waals surface area contributed by atoms with Gasteiger partial charge < -0.3 is 25.7 Å². The highest BCUT2D eigenvalue weighted by atomic mass is 16.6. The molecule has 0 atom stereocenters. The molecule has 0 aliphatic carbocycles. The van der Waals surface area contributed by atoms with Gasteiger partial charge in [0.25, 0.3) is 5.91 Å². The minimum atomic E-state index is -0.764. The summed E-state index contributed by atoms with van der Waals surface area (Å²) in [4.78, 5) is 49.4. The molecular formula is C31H33N7O4. The van der Waals surface area contributed by atoms with Crippen molar-refractivity contribution in [1.29, 1.82) is 0 Å². The number of nitrogens with two attached hydrogens (primary N) is 1. The van der Waals surface area contributed by atoms with Gasteiger partial charge in [-0.15, -0.1) is 0 Å². The van der Waals surface area contributed by atoms with Gasteiger partial charge in [-0.25, -0.2) is 24.5 Å². The monoisotopic (exact) mass is 567 g/mol. The molecule has 11 nitrogen and oxygen atoms in total. The van der Waals surface area contributed by atoms with Gasteiger partial charge in [-0.1, -0.05) is 24.3 Å². The number of aromatic nitrogens is 3. The second-order valence-electron chi connectivity index (χ2n) is 11.1. The van der Waals surface area contributed by atoms with Crippen LogP contribution in [0.5, 0.6) is 0 Å². The Kier molecular flexibility index (Phi) is 7.42. The molecule has 216 valence electrons. The van der Waals surface area contributed by atoms with Crippen LogP contribution in [0.3, 0.4) is 0 Å². The van der Waals surface area contributed by atoms with Gasteiger partial charge in [0.15, 0.2) is 0 Å². The van der Waals surface area contributed by atoms with E-state index in [0.717, 1.165) is 16.2 Å². The smallest absolute Gasteiger partial charge is 0.417 e. The maximum Gasteiger partial charge on any atom is 0.417 e. The van der Waals surface area contributed by atoms with Gasteiger partial charge in [0.2, 0.25) is 5.95 Å². The highest BCUT2D eigenvalue weighted by Gasteiger charge is 2.38. The van der Waals surface area contributed by atoms with Crippen molar-refractivity contribution < 1.29 is 19.1 Å². The number of urea groups is 1. The fourth-order valence-electron chi connectivity index (χ4n) is 5.06. The number of rotatable bonds is 4. The Morgan fingerprint density at radius 2 is 1.69 bits per heavy atom. The summed E-state index contributed by atoms with van der Waals surface area (Å²) in [6, 6.07) is 15.9. The van der Waals surface area contributed by atoms with E-state index < -0.39 is 23.6 Å². The summed E-state index contributed by atoms with van der Waals surface area (Å²) >= 11 is 0. The summed E-state index contributed by atoms with van der Waals surface area (Å²) in [7, 11) is 1.85. The Morgan fingerprint density at radius 1 is 1.00 bits per heavy atom. The van der Waals surface area contributed by atoms with Gasteiger partial charge in [-0.3, -0.25) is 4.79 Å². The van der Waals surface area contributed by atoms with Gasteiger partial charge in [-0.05, 0) is 69.2 Å². The molecule has 5 rings (SSSR count). The van der Waals surface area contributed by atoms with Crippen molar-refractivity contribution in [1.82, 2.24) is 19.4 Å². The molecule has 0 fully saturated rings.